The molecule has 0 heterocycles. The van der Waals surface area contributed by atoms with Crippen molar-refractivity contribution in [3.8, 4) is 5.75 Å². The van der Waals surface area contributed by atoms with Gasteiger partial charge in [0.2, 0.25) is 0 Å². The number of esters is 1. The zero-order valence-electron chi connectivity index (χ0n) is 13.3. The van der Waals surface area contributed by atoms with E-state index < -0.39 is 0 Å². The van der Waals surface area contributed by atoms with Gasteiger partial charge >= 0.3 is 5.97 Å². The zero-order valence-corrected chi connectivity index (χ0v) is 13.3. The molecule has 1 aromatic rings. The monoisotopic (exact) mass is 294 g/mol. The molecule has 0 fully saturated rings. The van der Waals surface area contributed by atoms with Crippen molar-refractivity contribution in [2.45, 2.75) is 40.3 Å². The molecule has 118 valence electrons. The van der Waals surface area contributed by atoms with Gasteiger partial charge in [-0.25, -0.2) is 0 Å². The summed E-state index contributed by atoms with van der Waals surface area (Å²) in [5.41, 5.74) is 7.29. The van der Waals surface area contributed by atoms with Gasteiger partial charge in [-0.3, -0.25) is 4.79 Å². The number of ether oxygens (including phenoxy) is 2. The van der Waals surface area contributed by atoms with Gasteiger partial charge in [0.25, 0.3) is 0 Å². The summed E-state index contributed by atoms with van der Waals surface area (Å²) < 4.78 is 10.9. The van der Waals surface area contributed by atoms with Gasteiger partial charge in [0.05, 0.1) is 11.6 Å². The van der Waals surface area contributed by atoms with Gasteiger partial charge in [-0.2, -0.15) is 0 Å². The number of anilines is 1. The van der Waals surface area contributed by atoms with Crippen molar-refractivity contribution in [2.75, 3.05) is 18.5 Å². The zero-order chi connectivity index (χ0) is 15.8. The Morgan fingerprint density at radius 1 is 1.29 bits per heavy atom. The molecule has 0 unspecified atom stereocenters. The molecule has 0 amide bonds. The summed E-state index contributed by atoms with van der Waals surface area (Å²) in [6.45, 7) is 8.89. The number of nitrogens with two attached hydrogens (primary N) is 1. The molecule has 0 aliphatic heterocycles. The second kappa shape index (κ2) is 8.52. The van der Waals surface area contributed by atoms with Gasteiger partial charge in [0, 0.05) is 12.6 Å². The van der Waals surface area contributed by atoms with Crippen LogP contribution < -0.4 is 15.8 Å². The van der Waals surface area contributed by atoms with E-state index in [0.717, 1.165) is 17.0 Å². The van der Waals surface area contributed by atoms with Crippen molar-refractivity contribution in [3.05, 3.63) is 23.8 Å². The third-order valence-corrected chi connectivity index (χ3v) is 2.72. The highest BCUT2D eigenvalue weighted by Gasteiger charge is 2.10. The van der Waals surface area contributed by atoms with E-state index in [1.54, 1.807) is 0 Å². The van der Waals surface area contributed by atoms with E-state index in [-0.39, 0.29) is 18.5 Å². The molecule has 21 heavy (non-hydrogen) atoms. The van der Waals surface area contributed by atoms with Crippen LogP contribution in [0.1, 0.15) is 33.3 Å². The van der Waals surface area contributed by atoms with Crippen molar-refractivity contribution in [1.29, 1.82) is 0 Å². The van der Waals surface area contributed by atoms with Crippen molar-refractivity contribution < 1.29 is 14.3 Å². The molecule has 5 heteroatoms. The third kappa shape index (κ3) is 6.04. The van der Waals surface area contributed by atoms with Crippen LogP contribution in [0.4, 0.5) is 5.69 Å². The van der Waals surface area contributed by atoms with Crippen LogP contribution in [0.2, 0.25) is 0 Å². The Bertz CT molecular complexity index is 459. The lowest BCUT2D eigenvalue weighted by atomic mass is 10.2. The Balaban J connectivity index is 2.80. The van der Waals surface area contributed by atoms with Crippen LogP contribution >= 0.6 is 0 Å². The molecule has 0 aliphatic carbocycles. The summed E-state index contributed by atoms with van der Waals surface area (Å²) in [5.74, 6) is 0.399. The van der Waals surface area contributed by atoms with E-state index in [1.165, 1.54) is 0 Å². The number of hydrogen-bond acceptors (Lipinski definition) is 5. The SMILES string of the molecule is CC(C)Nc1ccc(COC(=O)C(C)C)cc1OCCN. The topological polar surface area (TPSA) is 73.6 Å². The van der Waals surface area contributed by atoms with Crippen LogP contribution in [0.3, 0.4) is 0 Å². The lowest BCUT2D eigenvalue weighted by Crippen LogP contribution is -2.15. The molecule has 0 atom stereocenters. The van der Waals surface area contributed by atoms with Crippen LogP contribution in [0, 0.1) is 5.92 Å². The quantitative estimate of drug-likeness (QED) is 0.721. The number of rotatable bonds is 8. The molecule has 1 aromatic carbocycles. The van der Waals surface area contributed by atoms with Gasteiger partial charge in [-0.1, -0.05) is 19.9 Å². The first-order valence-corrected chi connectivity index (χ1v) is 7.33. The standard InChI is InChI=1S/C16H26N2O3/c1-11(2)16(19)21-10-13-5-6-14(18-12(3)4)15(9-13)20-8-7-17/h5-6,9,11-12,18H,7-8,10,17H2,1-4H3. The fourth-order valence-corrected chi connectivity index (χ4v) is 1.70. The summed E-state index contributed by atoms with van der Waals surface area (Å²) in [6, 6.07) is 6.04. The highest BCUT2D eigenvalue weighted by molar-refractivity contribution is 5.71. The molecule has 0 spiro atoms. The van der Waals surface area contributed by atoms with Gasteiger partial charge in [0.15, 0.2) is 0 Å². The van der Waals surface area contributed by atoms with Crippen molar-refractivity contribution >= 4 is 11.7 Å². The minimum absolute atomic E-state index is 0.125. The number of hydrogen-bond donors (Lipinski definition) is 2. The molecular weight excluding hydrogens is 268 g/mol. The predicted molar refractivity (Wildman–Crippen MR) is 84.4 cm³/mol. The van der Waals surface area contributed by atoms with Crippen LogP contribution in [-0.4, -0.2) is 25.2 Å². The first-order chi connectivity index (χ1) is 9.93. The summed E-state index contributed by atoms with van der Waals surface area (Å²) in [4.78, 5) is 11.5. The van der Waals surface area contributed by atoms with Crippen molar-refractivity contribution in [2.24, 2.45) is 11.7 Å². The Hall–Kier alpha value is -1.75. The summed E-state index contributed by atoms with van der Waals surface area (Å²) in [6.07, 6.45) is 0. The largest absolute Gasteiger partial charge is 0.490 e. The lowest BCUT2D eigenvalue weighted by Gasteiger charge is -2.16. The summed E-state index contributed by atoms with van der Waals surface area (Å²) in [7, 11) is 0. The first-order valence-electron chi connectivity index (χ1n) is 7.33. The minimum atomic E-state index is -0.205. The van der Waals surface area contributed by atoms with E-state index in [1.807, 2.05) is 32.0 Å². The number of benzene rings is 1. The fourth-order valence-electron chi connectivity index (χ4n) is 1.70. The Kier molecular flexibility index (Phi) is 7.02. The molecule has 0 bridgehead atoms. The molecule has 0 aliphatic rings. The maximum absolute atomic E-state index is 11.5. The van der Waals surface area contributed by atoms with E-state index in [2.05, 4.69) is 19.2 Å². The average molecular weight is 294 g/mol. The normalized spacial score (nSPS) is 10.8. The van der Waals surface area contributed by atoms with Gasteiger partial charge in [0.1, 0.15) is 19.0 Å². The minimum Gasteiger partial charge on any atom is -0.490 e. The Morgan fingerprint density at radius 2 is 2.00 bits per heavy atom. The van der Waals surface area contributed by atoms with Crippen LogP contribution in [0.15, 0.2) is 18.2 Å². The molecule has 0 saturated carbocycles. The van der Waals surface area contributed by atoms with E-state index >= 15 is 0 Å². The second-order valence-corrected chi connectivity index (χ2v) is 5.53. The van der Waals surface area contributed by atoms with Crippen LogP contribution in [-0.2, 0) is 16.1 Å². The second-order valence-electron chi connectivity index (χ2n) is 5.53. The molecule has 3 N–H and O–H groups in total. The van der Waals surface area contributed by atoms with Crippen LogP contribution in [0.25, 0.3) is 0 Å². The van der Waals surface area contributed by atoms with Gasteiger partial charge in [-0.15, -0.1) is 0 Å². The summed E-state index contributed by atoms with van der Waals surface area (Å²) in [5, 5.41) is 3.32. The molecule has 0 saturated heterocycles. The van der Waals surface area contributed by atoms with Gasteiger partial charge < -0.3 is 20.5 Å². The van der Waals surface area contributed by atoms with E-state index in [0.29, 0.717) is 19.2 Å². The number of carbonyl (C=O) groups is 1. The summed E-state index contributed by atoms with van der Waals surface area (Å²) >= 11 is 0. The maximum Gasteiger partial charge on any atom is 0.308 e. The maximum atomic E-state index is 11.5. The first kappa shape index (κ1) is 17.3. The van der Waals surface area contributed by atoms with E-state index in [9.17, 15) is 4.79 Å². The number of nitrogens with one attached hydrogen (secondary N) is 1. The number of carbonyl (C=O) groups excluding carboxylic acids is 1. The van der Waals surface area contributed by atoms with Gasteiger partial charge in [-0.05, 0) is 31.5 Å². The Labute approximate surface area is 126 Å². The smallest absolute Gasteiger partial charge is 0.308 e. The molecule has 1 rings (SSSR count). The molecule has 0 aromatic heterocycles. The predicted octanol–water partition coefficient (Wildman–Crippen LogP) is 2.54. The average Bonchev–Trinajstić information content (AvgIpc) is 2.43. The lowest BCUT2D eigenvalue weighted by molar-refractivity contribution is -0.148. The Morgan fingerprint density at radius 3 is 2.57 bits per heavy atom. The fraction of sp³-hybridized carbons (Fsp3) is 0.562. The third-order valence-electron chi connectivity index (χ3n) is 2.72. The molecule has 0 radical (unpaired) electrons. The van der Waals surface area contributed by atoms with E-state index in [4.69, 9.17) is 15.2 Å². The molecule has 5 nitrogen and oxygen atoms in total. The van der Waals surface area contributed by atoms with Crippen molar-refractivity contribution in [1.82, 2.24) is 0 Å². The highest BCUT2D eigenvalue weighted by atomic mass is 16.5. The molecular formula is C16H26N2O3. The van der Waals surface area contributed by atoms with Crippen LogP contribution in [0.5, 0.6) is 5.75 Å². The highest BCUT2D eigenvalue weighted by Crippen LogP contribution is 2.27. The van der Waals surface area contributed by atoms with Crippen molar-refractivity contribution in [3.63, 3.8) is 0 Å².